The van der Waals surface area contributed by atoms with E-state index in [2.05, 4.69) is 118 Å². The molecule has 1 saturated heterocycles. The molecule has 1 aliphatic heterocycles. The summed E-state index contributed by atoms with van der Waals surface area (Å²) in [6.45, 7) is 24.6. The molecule has 0 bridgehead atoms. The number of hydrogen-bond acceptors (Lipinski definition) is 2. The standard InChI is InChI=1S/C20H44B2N2Si2/c1-19(2,3)15-17-21(23(7)8)26(13,14)22(24(9)10)18(25(17,11)12)16-20(4,5)6/h15-16H,1-14H3/b17-15+,18-16+. The summed E-state index contributed by atoms with van der Waals surface area (Å²) in [4.78, 5) is 5.06. The normalized spacial score (nSPS) is 24.3. The summed E-state index contributed by atoms with van der Waals surface area (Å²) in [5.74, 6) is 0. The number of hydrogen-bond donors (Lipinski definition) is 0. The second-order valence-electron chi connectivity index (χ2n) is 12.1. The van der Waals surface area contributed by atoms with Gasteiger partial charge in [-0.1, -0.05) is 90.1 Å². The van der Waals surface area contributed by atoms with Crippen LogP contribution in [0.2, 0.25) is 26.2 Å². The number of allylic oxidation sites excluding steroid dienone is 2. The second-order valence-corrected chi connectivity index (χ2v) is 21.3. The summed E-state index contributed by atoms with van der Waals surface area (Å²) in [5, 5.41) is 3.53. The molecule has 0 atom stereocenters. The van der Waals surface area contributed by atoms with Crippen LogP contribution in [0, 0.1) is 10.8 Å². The third-order valence-electron chi connectivity index (χ3n) is 5.65. The van der Waals surface area contributed by atoms with Crippen LogP contribution in [0.1, 0.15) is 41.5 Å². The van der Waals surface area contributed by atoms with Crippen LogP contribution in [0.15, 0.2) is 22.3 Å². The van der Waals surface area contributed by atoms with Crippen molar-refractivity contribution >= 4 is 28.8 Å². The average Bonchev–Trinajstić information content (AvgIpc) is 2.30. The highest BCUT2D eigenvalue weighted by molar-refractivity contribution is 7.66. The minimum absolute atomic E-state index is 0.218. The zero-order valence-electron chi connectivity index (χ0n) is 20.2. The van der Waals surface area contributed by atoms with E-state index in [1.54, 1.807) is 10.2 Å². The highest BCUT2D eigenvalue weighted by Gasteiger charge is 2.60. The van der Waals surface area contributed by atoms with Crippen molar-refractivity contribution in [2.24, 2.45) is 10.8 Å². The molecule has 0 aliphatic carbocycles. The van der Waals surface area contributed by atoms with Gasteiger partial charge in [0.2, 0.25) is 12.9 Å². The molecule has 0 amide bonds. The summed E-state index contributed by atoms with van der Waals surface area (Å²) >= 11 is 0. The predicted molar refractivity (Wildman–Crippen MR) is 129 cm³/mol. The predicted octanol–water partition coefficient (Wildman–Crippen LogP) is 4.78. The monoisotopic (exact) mass is 390 g/mol. The fourth-order valence-corrected chi connectivity index (χ4v) is 18.1. The van der Waals surface area contributed by atoms with Crippen molar-refractivity contribution in [2.45, 2.75) is 67.7 Å². The molecule has 1 aliphatic rings. The summed E-state index contributed by atoms with van der Waals surface area (Å²) in [6, 6.07) is 0. The maximum Gasteiger partial charge on any atom is 0.231 e. The smallest absolute Gasteiger partial charge is 0.231 e. The summed E-state index contributed by atoms with van der Waals surface area (Å²) in [5.41, 5.74) is 0.437. The molecule has 0 radical (unpaired) electrons. The van der Waals surface area contributed by atoms with E-state index in [9.17, 15) is 0 Å². The van der Waals surface area contributed by atoms with Crippen molar-refractivity contribution in [1.82, 2.24) is 9.62 Å². The highest BCUT2D eigenvalue weighted by Crippen LogP contribution is 2.43. The Labute approximate surface area is 167 Å². The molecule has 26 heavy (non-hydrogen) atoms. The molecule has 0 aromatic carbocycles. The van der Waals surface area contributed by atoms with Crippen LogP contribution in [0.4, 0.5) is 0 Å². The Hall–Kier alpha value is -0.0364. The average molecular weight is 390 g/mol. The van der Waals surface area contributed by atoms with Crippen LogP contribution in [-0.4, -0.2) is 66.6 Å². The van der Waals surface area contributed by atoms with E-state index in [1.165, 1.54) is 0 Å². The molecular formula is C20H44B2N2Si2. The maximum atomic E-state index is 2.64. The van der Waals surface area contributed by atoms with Gasteiger partial charge in [-0.3, -0.25) is 0 Å². The second kappa shape index (κ2) is 7.42. The van der Waals surface area contributed by atoms with E-state index >= 15 is 0 Å². The van der Waals surface area contributed by atoms with E-state index in [-0.39, 0.29) is 10.8 Å². The van der Waals surface area contributed by atoms with Crippen LogP contribution in [0.3, 0.4) is 0 Å². The first-order chi connectivity index (χ1) is 11.3. The largest absolute Gasteiger partial charge is 0.347 e. The van der Waals surface area contributed by atoms with Crippen molar-refractivity contribution in [2.75, 3.05) is 28.2 Å². The molecule has 0 aromatic heterocycles. The zero-order chi connectivity index (χ0) is 20.9. The molecular weight excluding hydrogens is 346 g/mol. The Kier molecular flexibility index (Phi) is 6.85. The van der Waals surface area contributed by atoms with E-state index in [4.69, 9.17) is 0 Å². The van der Waals surface area contributed by atoms with Crippen molar-refractivity contribution in [1.29, 1.82) is 0 Å². The van der Waals surface area contributed by atoms with E-state index in [1.807, 2.05) is 0 Å². The first-order valence-electron chi connectivity index (χ1n) is 10.1. The molecule has 148 valence electrons. The molecule has 0 N–H and O–H groups in total. The summed E-state index contributed by atoms with van der Waals surface area (Å²) < 4.78 is 0. The van der Waals surface area contributed by atoms with Crippen LogP contribution >= 0.6 is 0 Å². The third-order valence-corrected chi connectivity index (χ3v) is 14.4. The molecule has 6 heteroatoms. The van der Waals surface area contributed by atoms with Crippen molar-refractivity contribution in [3.8, 4) is 0 Å². The molecule has 0 spiro atoms. The fraction of sp³-hybridized carbons (Fsp3) is 0.800. The zero-order valence-corrected chi connectivity index (χ0v) is 22.2. The van der Waals surface area contributed by atoms with Gasteiger partial charge in [-0.05, 0) is 39.0 Å². The van der Waals surface area contributed by atoms with Crippen molar-refractivity contribution in [3.05, 3.63) is 22.3 Å². The van der Waals surface area contributed by atoms with Gasteiger partial charge in [0.05, 0.1) is 8.07 Å². The molecule has 0 aromatic rings. The molecule has 0 saturated carbocycles. The molecule has 1 fully saturated rings. The van der Waals surface area contributed by atoms with Crippen molar-refractivity contribution in [3.63, 3.8) is 0 Å². The summed E-state index contributed by atoms with van der Waals surface area (Å²) in [7, 11) is 5.81. The van der Waals surface area contributed by atoms with Gasteiger partial charge in [-0.2, -0.15) is 0 Å². The Bertz CT molecular complexity index is 532. The van der Waals surface area contributed by atoms with Crippen molar-refractivity contribution < 1.29 is 0 Å². The van der Waals surface area contributed by atoms with Gasteiger partial charge in [0.25, 0.3) is 0 Å². The van der Waals surface area contributed by atoms with E-state index in [0.29, 0.717) is 12.9 Å². The Morgan fingerprint density at radius 3 is 1.12 bits per heavy atom. The number of rotatable bonds is 2. The van der Waals surface area contributed by atoms with Crippen LogP contribution in [0.25, 0.3) is 0 Å². The fourth-order valence-electron chi connectivity index (χ4n) is 5.14. The molecule has 1 rings (SSSR count). The lowest BCUT2D eigenvalue weighted by atomic mass is 9.79. The quantitative estimate of drug-likeness (QED) is 0.626. The van der Waals surface area contributed by atoms with Crippen LogP contribution in [0.5, 0.6) is 0 Å². The molecule has 1 heterocycles. The van der Waals surface area contributed by atoms with Crippen LogP contribution in [-0.2, 0) is 0 Å². The Morgan fingerprint density at radius 2 is 0.923 bits per heavy atom. The van der Waals surface area contributed by atoms with Gasteiger partial charge in [-0.15, -0.1) is 0 Å². The molecule has 0 unspecified atom stereocenters. The first kappa shape index (κ1) is 24.0. The summed E-state index contributed by atoms with van der Waals surface area (Å²) in [6.07, 6.45) is 6.49. The first-order valence-corrected chi connectivity index (χ1v) is 16.3. The maximum absolute atomic E-state index is 2.64. The van der Waals surface area contributed by atoms with E-state index in [0.717, 1.165) is 0 Å². The van der Waals surface area contributed by atoms with Gasteiger partial charge in [0.15, 0.2) is 0 Å². The van der Waals surface area contributed by atoms with Gasteiger partial charge in [-0.25, -0.2) is 0 Å². The Balaban J connectivity index is 3.89. The van der Waals surface area contributed by atoms with Gasteiger partial charge in [0, 0.05) is 7.81 Å². The lowest BCUT2D eigenvalue weighted by molar-refractivity contribution is 0.541. The lowest BCUT2D eigenvalue weighted by Gasteiger charge is -2.54. The van der Waals surface area contributed by atoms with E-state index < -0.39 is 15.9 Å². The SMILES string of the molecule is CN(C)B1/C(=C\C(C)(C)C)[Si](C)(C)/C(=C/C(C)(C)C)B(N(C)C)[Si]1(C)C. The third kappa shape index (κ3) is 5.06. The highest BCUT2D eigenvalue weighted by atomic mass is 28.3. The minimum Gasteiger partial charge on any atom is -0.347 e. The van der Waals surface area contributed by atoms with Gasteiger partial charge in [0.1, 0.15) is 0 Å². The van der Waals surface area contributed by atoms with Gasteiger partial charge < -0.3 is 9.62 Å². The number of nitrogens with zero attached hydrogens (tertiary/aromatic N) is 2. The topological polar surface area (TPSA) is 6.48 Å². The van der Waals surface area contributed by atoms with Crippen LogP contribution < -0.4 is 0 Å². The molecule has 2 nitrogen and oxygen atoms in total. The Morgan fingerprint density at radius 1 is 0.654 bits per heavy atom. The minimum atomic E-state index is -1.74. The van der Waals surface area contributed by atoms with Gasteiger partial charge >= 0.3 is 0 Å². The lowest BCUT2D eigenvalue weighted by Crippen LogP contribution is -2.77.